The van der Waals surface area contributed by atoms with Gasteiger partial charge in [-0.2, -0.15) is 0 Å². The third-order valence-electron chi connectivity index (χ3n) is 3.11. The summed E-state index contributed by atoms with van der Waals surface area (Å²) in [6.45, 7) is 1.60. The van der Waals surface area contributed by atoms with Crippen LogP contribution in [0.4, 0.5) is 0 Å². The average Bonchev–Trinajstić information content (AvgIpc) is 2.51. The standard InChI is InChI=1S/C16H19N3O2/c17-7-4-8-19(12-13-5-2-1-3-6-13)16(21)14-9-15(20)11-18-10-14/h1-3,5-6,9-11,20H,4,7-8,12,17H2. The Morgan fingerprint density at radius 3 is 2.67 bits per heavy atom. The summed E-state index contributed by atoms with van der Waals surface area (Å²) in [7, 11) is 0. The molecule has 3 N–H and O–H groups in total. The molecule has 1 heterocycles. The van der Waals surface area contributed by atoms with Crippen molar-refractivity contribution < 1.29 is 9.90 Å². The van der Waals surface area contributed by atoms with Crippen LogP contribution in [-0.2, 0) is 6.54 Å². The Morgan fingerprint density at radius 1 is 1.24 bits per heavy atom. The number of rotatable bonds is 6. The van der Waals surface area contributed by atoms with Gasteiger partial charge in [0.25, 0.3) is 5.91 Å². The van der Waals surface area contributed by atoms with Gasteiger partial charge in [-0.1, -0.05) is 30.3 Å². The monoisotopic (exact) mass is 285 g/mol. The summed E-state index contributed by atoms with van der Waals surface area (Å²) in [5.41, 5.74) is 6.97. The Labute approximate surface area is 124 Å². The van der Waals surface area contributed by atoms with Crippen molar-refractivity contribution in [3.63, 3.8) is 0 Å². The number of nitrogens with two attached hydrogens (primary N) is 1. The Hall–Kier alpha value is -2.40. The molecule has 5 heteroatoms. The molecular weight excluding hydrogens is 266 g/mol. The van der Waals surface area contributed by atoms with Crippen LogP contribution in [0.1, 0.15) is 22.3 Å². The molecule has 0 aliphatic carbocycles. The summed E-state index contributed by atoms with van der Waals surface area (Å²) >= 11 is 0. The van der Waals surface area contributed by atoms with Crippen molar-refractivity contribution in [1.29, 1.82) is 0 Å². The van der Waals surface area contributed by atoms with E-state index >= 15 is 0 Å². The van der Waals surface area contributed by atoms with Gasteiger partial charge in [-0.15, -0.1) is 0 Å². The molecule has 1 aromatic heterocycles. The minimum absolute atomic E-state index is 0.0145. The second-order valence-corrected chi connectivity index (χ2v) is 4.79. The molecule has 0 aliphatic heterocycles. The third kappa shape index (κ3) is 4.29. The molecule has 110 valence electrons. The fourth-order valence-electron chi connectivity index (χ4n) is 2.07. The van der Waals surface area contributed by atoms with Crippen molar-refractivity contribution in [1.82, 2.24) is 9.88 Å². The number of amides is 1. The quantitative estimate of drug-likeness (QED) is 0.848. The summed E-state index contributed by atoms with van der Waals surface area (Å²) in [5, 5.41) is 9.46. The first-order valence-corrected chi connectivity index (χ1v) is 6.88. The lowest BCUT2D eigenvalue weighted by Gasteiger charge is -2.22. The number of benzene rings is 1. The Morgan fingerprint density at radius 2 is 2.00 bits per heavy atom. The number of pyridine rings is 1. The molecule has 1 amide bonds. The van der Waals surface area contributed by atoms with Gasteiger partial charge in [0.15, 0.2) is 0 Å². The van der Waals surface area contributed by atoms with Gasteiger partial charge in [-0.05, 0) is 24.6 Å². The van der Waals surface area contributed by atoms with Crippen LogP contribution in [0.2, 0.25) is 0 Å². The van der Waals surface area contributed by atoms with Gasteiger partial charge in [-0.3, -0.25) is 9.78 Å². The maximum atomic E-state index is 12.5. The van der Waals surface area contributed by atoms with Crippen LogP contribution in [0.25, 0.3) is 0 Å². The highest BCUT2D eigenvalue weighted by Crippen LogP contribution is 2.14. The molecule has 0 saturated heterocycles. The first-order valence-electron chi connectivity index (χ1n) is 6.88. The van der Waals surface area contributed by atoms with Gasteiger partial charge in [-0.25, -0.2) is 0 Å². The molecule has 5 nitrogen and oxygen atoms in total. The summed E-state index contributed by atoms with van der Waals surface area (Å²) in [5.74, 6) is -0.171. The average molecular weight is 285 g/mol. The van der Waals surface area contributed by atoms with E-state index in [2.05, 4.69) is 4.98 Å². The molecular formula is C16H19N3O2. The molecule has 2 rings (SSSR count). The van der Waals surface area contributed by atoms with E-state index in [9.17, 15) is 9.90 Å². The Balaban J connectivity index is 2.17. The zero-order valence-electron chi connectivity index (χ0n) is 11.8. The highest BCUT2D eigenvalue weighted by molar-refractivity contribution is 5.94. The SMILES string of the molecule is NCCCN(Cc1ccccc1)C(=O)c1cncc(O)c1. The number of aromatic hydroxyl groups is 1. The van der Waals surface area contributed by atoms with E-state index in [4.69, 9.17) is 5.73 Å². The smallest absolute Gasteiger partial charge is 0.255 e. The van der Waals surface area contributed by atoms with E-state index in [1.54, 1.807) is 4.90 Å². The van der Waals surface area contributed by atoms with E-state index in [0.717, 1.165) is 12.0 Å². The van der Waals surface area contributed by atoms with Crippen LogP contribution in [0.15, 0.2) is 48.8 Å². The second kappa shape index (κ2) is 7.40. The van der Waals surface area contributed by atoms with Gasteiger partial charge in [0.2, 0.25) is 0 Å². The molecule has 0 radical (unpaired) electrons. The first-order chi connectivity index (χ1) is 10.2. The van der Waals surface area contributed by atoms with Crippen molar-refractivity contribution in [2.24, 2.45) is 5.73 Å². The molecule has 0 unspecified atom stereocenters. The van der Waals surface area contributed by atoms with E-state index in [0.29, 0.717) is 25.2 Å². The number of hydrogen-bond donors (Lipinski definition) is 2. The summed E-state index contributed by atoms with van der Waals surface area (Å²) in [6, 6.07) is 11.2. The lowest BCUT2D eigenvalue weighted by Crippen LogP contribution is -2.32. The van der Waals surface area contributed by atoms with Crippen LogP contribution in [0.5, 0.6) is 5.75 Å². The van der Waals surface area contributed by atoms with Crippen LogP contribution < -0.4 is 5.73 Å². The van der Waals surface area contributed by atoms with Gasteiger partial charge in [0, 0.05) is 19.3 Å². The summed E-state index contributed by atoms with van der Waals surface area (Å²) < 4.78 is 0. The van der Waals surface area contributed by atoms with Crippen LogP contribution in [0.3, 0.4) is 0 Å². The third-order valence-corrected chi connectivity index (χ3v) is 3.11. The Bertz CT molecular complexity index is 587. The van der Waals surface area contributed by atoms with Crippen molar-refractivity contribution in [2.45, 2.75) is 13.0 Å². The molecule has 2 aromatic rings. The number of carbonyl (C=O) groups is 1. The van der Waals surface area contributed by atoms with Gasteiger partial charge in [0.05, 0.1) is 11.8 Å². The molecule has 0 bridgehead atoms. The van der Waals surface area contributed by atoms with Crippen molar-refractivity contribution >= 4 is 5.91 Å². The fraction of sp³-hybridized carbons (Fsp3) is 0.250. The highest BCUT2D eigenvalue weighted by Gasteiger charge is 2.16. The maximum absolute atomic E-state index is 12.5. The zero-order valence-corrected chi connectivity index (χ0v) is 11.8. The molecule has 0 spiro atoms. The molecule has 21 heavy (non-hydrogen) atoms. The summed E-state index contributed by atoms with van der Waals surface area (Å²) in [4.78, 5) is 18.1. The van der Waals surface area contributed by atoms with Crippen LogP contribution in [0, 0.1) is 0 Å². The Kier molecular flexibility index (Phi) is 5.29. The number of hydrogen-bond acceptors (Lipinski definition) is 4. The van der Waals surface area contributed by atoms with Crippen molar-refractivity contribution in [3.05, 3.63) is 59.9 Å². The van der Waals surface area contributed by atoms with Gasteiger partial charge < -0.3 is 15.7 Å². The number of aromatic nitrogens is 1. The lowest BCUT2D eigenvalue weighted by atomic mass is 10.1. The van der Waals surface area contributed by atoms with E-state index < -0.39 is 0 Å². The zero-order chi connectivity index (χ0) is 15.1. The molecule has 0 atom stereocenters. The van der Waals surface area contributed by atoms with Gasteiger partial charge in [0.1, 0.15) is 5.75 Å². The number of nitrogens with zero attached hydrogens (tertiary/aromatic N) is 2. The number of carbonyl (C=O) groups excluding carboxylic acids is 1. The molecule has 0 aliphatic rings. The minimum Gasteiger partial charge on any atom is -0.506 e. The lowest BCUT2D eigenvalue weighted by molar-refractivity contribution is 0.0741. The van der Waals surface area contributed by atoms with Crippen LogP contribution >= 0.6 is 0 Å². The van der Waals surface area contributed by atoms with Crippen molar-refractivity contribution in [3.8, 4) is 5.75 Å². The highest BCUT2D eigenvalue weighted by atomic mass is 16.3. The molecule has 0 fully saturated rings. The van der Waals surface area contributed by atoms with Crippen molar-refractivity contribution in [2.75, 3.05) is 13.1 Å². The van der Waals surface area contributed by atoms with E-state index in [1.165, 1.54) is 18.5 Å². The topological polar surface area (TPSA) is 79.5 Å². The van der Waals surface area contributed by atoms with Gasteiger partial charge >= 0.3 is 0 Å². The molecule has 1 aromatic carbocycles. The normalized spacial score (nSPS) is 10.3. The predicted molar refractivity (Wildman–Crippen MR) is 80.8 cm³/mol. The minimum atomic E-state index is -0.157. The maximum Gasteiger partial charge on any atom is 0.255 e. The second-order valence-electron chi connectivity index (χ2n) is 4.79. The largest absolute Gasteiger partial charge is 0.506 e. The first kappa shape index (κ1) is 15.0. The van der Waals surface area contributed by atoms with E-state index in [-0.39, 0.29) is 11.7 Å². The fourth-order valence-corrected chi connectivity index (χ4v) is 2.07. The van der Waals surface area contributed by atoms with E-state index in [1.807, 2.05) is 30.3 Å². The van der Waals surface area contributed by atoms with Crippen LogP contribution in [-0.4, -0.2) is 34.0 Å². The summed E-state index contributed by atoms with van der Waals surface area (Å²) in [6.07, 6.45) is 3.49. The molecule has 0 saturated carbocycles. The predicted octanol–water partition coefficient (Wildman–Crippen LogP) is 1.78.